The van der Waals surface area contributed by atoms with Gasteiger partial charge >= 0.3 is 0 Å². The highest BCUT2D eigenvalue weighted by Crippen LogP contribution is 2.27. The molecule has 3 atom stereocenters. The zero-order chi connectivity index (χ0) is 22.7. The molecular weight excluding hydrogens is 420 g/mol. The molecule has 0 radical (unpaired) electrons. The number of para-hydroxylation sites is 2. The molecule has 2 aliphatic heterocycles. The van der Waals surface area contributed by atoms with Gasteiger partial charge in [0.1, 0.15) is 6.54 Å². The number of hydrogen-bond acceptors (Lipinski definition) is 4. The van der Waals surface area contributed by atoms with Crippen LogP contribution in [0.1, 0.15) is 52.9 Å². The first-order chi connectivity index (χ1) is 15.5. The molecule has 174 valence electrons. The summed E-state index contributed by atoms with van der Waals surface area (Å²) in [6, 6.07) is 8.30. The van der Waals surface area contributed by atoms with Gasteiger partial charge in [0.05, 0.1) is 16.8 Å². The van der Waals surface area contributed by atoms with Gasteiger partial charge in [-0.1, -0.05) is 44.7 Å². The zero-order valence-corrected chi connectivity index (χ0v) is 20.4. The number of nitrogens with zero attached hydrogens (tertiary/aromatic N) is 4. The lowest BCUT2D eigenvalue weighted by Gasteiger charge is -2.35. The maximum absolute atomic E-state index is 13.2. The van der Waals surface area contributed by atoms with Gasteiger partial charge in [0, 0.05) is 25.7 Å². The van der Waals surface area contributed by atoms with E-state index in [-0.39, 0.29) is 18.4 Å². The first-order valence-electron chi connectivity index (χ1n) is 12.1. The van der Waals surface area contributed by atoms with Crippen molar-refractivity contribution in [2.45, 2.75) is 70.6 Å². The SMILES string of the molecule is CC[C@H]1CCCCN1C(=O)CSc1nc2ccccc2n1CC(=O)N1C[C@H](C)C[C@H](C)C1. The fraction of sp³-hybridized carbons (Fsp3) is 0.640. The minimum Gasteiger partial charge on any atom is -0.341 e. The molecule has 3 heterocycles. The fourth-order valence-corrected chi connectivity index (χ4v) is 6.28. The van der Waals surface area contributed by atoms with Crippen molar-refractivity contribution >= 4 is 34.6 Å². The third-order valence-corrected chi connectivity index (χ3v) is 7.84. The highest BCUT2D eigenvalue weighted by Gasteiger charge is 2.28. The molecule has 32 heavy (non-hydrogen) atoms. The lowest BCUT2D eigenvalue weighted by molar-refractivity contribution is -0.134. The molecule has 2 aliphatic rings. The van der Waals surface area contributed by atoms with E-state index >= 15 is 0 Å². The average Bonchev–Trinajstić information content (AvgIpc) is 3.14. The average molecular weight is 457 g/mol. The number of imidazole rings is 1. The van der Waals surface area contributed by atoms with Gasteiger partial charge in [-0.25, -0.2) is 4.98 Å². The number of carbonyl (C=O) groups excluding carboxylic acids is 2. The molecule has 0 saturated carbocycles. The van der Waals surface area contributed by atoms with Gasteiger partial charge in [-0.15, -0.1) is 0 Å². The Balaban J connectivity index is 1.50. The van der Waals surface area contributed by atoms with Gasteiger partial charge in [0.15, 0.2) is 5.16 Å². The molecule has 0 unspecified atom stereocenters. The predicted octanol–water partition coefficient (Wildman–Crippen LogP) is 4.42. The third-order valence-electron chi connectivity index (χ3n) is 6.88. The van der Waals surface area contributed by atoms with Crippen molar-refractivity contribution < 1.29 is 9.59 Å². The monoisotopic (exact) mass is 456 g/mol. The molecule has 6 nitrogen and oxygen atoms in total. The lowest BCUT2D eigenvalue weighted by atomic mass is 9.92. The molecule has 0 N–H and O–H groups in total. The van der Waals surface area contributed by atoms with Crippen LogP contribution in [0.25, 0.3) is 11.0 Å². The molecule has 2 aromatic rings. The van der Waals surface area contributed by atoms with Crippen molar-refractivity contribution in [3.8, 4) is 0 Å². The van der Waals surface area contributed by atoms with Crippen molar-refractivity contribution in [3.63, 3.8) is 0 Å². The normalized spacial score (nSPS) is 24.2. The summed E-state index contributed by atoms with van der Waals surface area (Å²) < 4.78 is 2.01. The standard InChI is InChI=1S/C25H36N4O2S/c1-4-20-9-7-8-12-28(20)24(31)17-32-25-26-21-10-5-6-11-22(21)29(25)16-23(30)27-14-18(2)13-19(3)15-27/h5-6,10-11,18-20H,4,7-9,12-17H2,1-3H3/t18-,19+,20-/m0/s1. The Kier molecular flexibility index (Phi) is 7.44. The second kappa shape index (κ2) is 10.3. The number of rotatable bonds is 6. The number of thioether (sulfide) groups is 1. The smallest absolute Gasteiger partial charge is 0.242 e. The van der Waals surface area contributed by atoms with Crippen LogP contribution in [0.15, 0.2) is 29.4 Å². The molecule has 0 spiro atoms. The van der Waals surface area contributed by atoms with Crippen LogP contribution in [0, 0.1) is 11.8 Å². The van der Waals surface area contributed by atoms with Gasteiger partial charge in [-0.2, -0.15) is 0 Å². The number of hydrogen-bond donors (Lipinski definition) is 0. The van der Waals surface area contributed by atoms with E-state index in [1.165, 1.54) is 24.6 Å². The third kappa shape index (κ3) is 5.13. The molecule has 2 saturated heterocycles. The Morgan fingerprint density at radius 3 is 2.59 bits per heavy atom. The summed E-state index contributed by atoms with van der Waals surface area (Å²) in [5, 5.41) is 0.760. The van der Waals surface area contributed by atoms with Gasteiger partial charge in [-0.05, 0) is 56.1 Å². The fourth-order valence-electron chi connectivity index (χ4n) is 5.38. The summed E-state index contributed by atoms with van der Waals surface area (Å²) in [6.07, 6.45) is 5.59. The van der Waals surface area contributed by atoms with Gasteiger partial charge in [0.2, 0.25) is 11.8 Å². The van der Waals surface area contributed by atoms with Gasteiger partial charge in [-0.3, -0.25) is 9.59 Å². The van der Waals surface area contributed by atoms with Crippen LogP contribution >= 0.6 is 11.8 Å². The van der Waals surface area contributed by atoms with Crippen molar-refractivity contribution in [3.05, 3.63) is 24.3 Å². The summed E-state index contributed by atoms with van der Waals surface area (Å²) >= 11 is 1.47. The van der Waals surface area contributed by atoms with Gasteiger partial charge < -0.3 is 14.4 Å². The second-order valence-electron chi connectivity index (χ2n) is 9.65. The summed E-state index contributed by atoms with van der Waals surface area (Å²) in [7, 11) is 0. The Morgan fingerprint density at radius 1 is 1.09 bits per heavy atom. The highest BCUT2D eigenvalue weighted by molar-refractivity contribution is 7.99. The van der Waals surface area contributed by atoms with E-state index in [1.807, 2.05) is 33.7 Å². The number of amides is 2. The number of likely N-dealkylation sites (tertiary alicyclic amines) is 2. The second-order valence-corrected chi connectivity index (χ2v) is 10.6. The van der Waals surface area contributed by atoms with E-state index in [4.69, 9.17) is 4.98 Å². The number of fused-ring (bicyclic) bond motifs is 1. The molecule has 1 aromatic heterocycles. The van der Waals surface area contributed by atoms with E-state index < -0.39 is 0 Å². The van der Waals surface area contributed by atoms with Crippen molar-refractivity contribution in [2.75, 3.05) is 25.4 Å². The largest absolute Gasteiger partial charge is 0.341 e. The number of piperidine rings is 2. The van der Waals surface area contributed by atoms with E-state index in [9.17, 15) is 9.59 Å². The van der Waals surface area contributed by atoms with Crippen LogP contribution in [0.2, 0.25) is 0 Å². The van der Waals surface area contributed by atoms with Crippen LogP contribution in [-0.4, -0.2) is 62.6 Å². The zero-order valence-electron chi connectivity index (χ0n) is 19.6. The molecule has 0 aliphatic carbocycles. The molecule has 7 heteroatoms. The number of carbonyl (C=O) groups is 2. The molecular formula is C25H36N4O2S. The Morgan fingerprint density at radius 2 is 1.84 bits per heavy atom. The Labute approximate surface area is 195 Å². The predicted molar refractivity (Wildman–Crippen MR) is 130 cm³/mol. The summed E-state index contributed by atoms with van der Waals surface area (Å²) in [5.41, 5.74) is 1.83. The minimum absolute atomic E-state index is 0.141. The first-order valence-corrected chi connectivity index (χ1v) is 13.1. The maximum Gasteiger partial charge on any atom is 0.242 e. The summed E-state index contributed by atoms with van der Waals surface area (Å²) in [4.78, 5) is 35.1. The van der Waals surface area contributed by atoms with E-state index in [0.29, 0.717) is 23.6 Å². The van der Waals surface area contributed by atoms with Crippen LogP contribution in [0.3, 0.4) is 0 Å². The van der Waals surface area contributed by atoms with Crippen LogP contribution in [0.4, 0.5) is 0 Å². The summed E-state index contributed by atoms with van der Waals surface area (Å²) in [6.45, 7) is 9.39. The minimum atomic E-state index is 0.141. The molecule has 2 amide bonds. The van der Waals surface area contributed by atoms with Crippen molar-refractivity contribution in [2.24, 2.45) is 11.8 Å². The number of benzene rings is 1. The topological polar surface area (TPSA) is 58.4 Å². The van der Waals surface area contributed by atoms with Crippen molar-refractivity contribution in [1.82, 2.24) is 19.4 Å². The maximum atomic E-state index is 13.2. The molecule has 4 rings (SSSR count). The van der Waals surface area contributed by atoms with Crippen LogP contribution in [-0.2, 0) is 16.1 Å². The first kappa shape index (κ1) is 23.1. The van der Waals surface area contributed by atoms with Gasteiger partial charge in [0.25, 0.3) is 0 Å². The molecule has 1 aromatic carbocycles. The Hall–Kier alpha value is -2.02. The van der Waals surface area contributed by atoms with E-state index in [0.717, 1.165) is 55.1 Å². The molecule has 2 fully saturated rings. The van der Waals surface area contributed by atoms with E-state index in [2.05, 4.69) is 25.7 Å². The van der Waals surface area contributed by atoms with Crippen LogP contribution in [0.5, 0.6) is 0 Å². The van der Waals surface area contributed by atoms with Crippen LogP contribution < -0.4 is 0 Å². The molecule has 0 bridgehead atoms. The highest BCUT2D eigenvalue weighted by atomic mass is 32.2. The Bertz CT molecular complexity index is 949. The quantitative estimate of drug-likeness (QED) is 0.604. The van der Waals surface area contributed by atoms with Crippen molar-refractivity contribution in [1.29, 1.82) is 0 Å². The number of aromatic nitrogens is 2. The lowest BCUT2D eigenvalue weighted by Crippen LogP contribution is -2.44. The summed E-state index contributed by atoms with van der Waals surface area (Å²) in [5.74, 6) is 1.76. The van der Waals surface area contributed by atoms with E-state index in [1.54, 1.807) is 0 Å².